The Morgan fingerprint density at radius 1 is 1.21 bits per heavy atom. The molecule has 0 saturated carbocycles. The summed E-state index contributed by atoms with van der Waals surface area (Å²) < 4.78 is 2.08. The van der Waals surface area contributed by atoms with Crippen LogP contribution < -0.4 is 10.2 Å². The van der Waals surface area contributed by atoms with Gasteiger partial charge in [-0.25, -0.2) is 4.98 Å². The summed E-state index contributed by atoms with van der Waals surface area (Å²) in [5.41, 5.74) is 2.95. The monoisotopic (exact) mass is 447 g/mol. The van der Waals surface area contributed by atoms with Crippen molar-refractivity contribution < 1.29 is 4.79 Å². The fraction of sp³-hybridized carbons (Fsp3) is 0.400. The molecule has 2 aliphatic heterocycles. The van der Waals surface area contributed by atoms with E-state index in [-0.39, 0.29) is 11.9 Å². The fourth-order valence-electron chi connectivity index (χ4n) is 4.22. The number of anilines is 2. The molecule has 1 fully saturated rings. The first-order valence-electron chi connectivity index (χ1n) is 11.4. The minimum atomic E-state index is -0.374. The van der Waals surface area contributed by atoms with E-state index in [0.29, 0.717) is 6.54 Å². The zero-order valence-electron chi connectivity index (χ0n) is 19.7. The molecule has 2 aliphatic rings. The zero-order valence-corrected chi connectivity index (χ0v) is 19.7. The van der Waals surface area contributed by atoms with Crippen LogP contribution in [-0.2, 0) is 11.3 Å². The molecule has 8 nitrogen and oxygen atoms in total. The predicted octanol–water partition coefficient (Wildman–Crippen LogP) is 2.69. The van der Waals surface area contributed by atoms with Crippen LogP contribution in [0.2, 0.25) is 0 Å². The van der Waals surface area contributed by atoms with Crippen LogP contribution in [0.5, 0.6) is 0 Å². The third-order valence-electron chi connectivity index (χ3n) is 6.12. The second-order valence-electron chi connectivity index (χ2n) is 8.66. The van der Waals surface area contributed by atoms with Crippen LogP contribution in [0.25, 0.3) is 11.3 Å². The fourth-order valence-corrected chi connectivity index (χ4v) is 4.22. The second-order valence-corrected chi connectivity index (χ2v) is 8.66. The Hall–Kier alpha value is -3.39. The molecule has 33 heavy (non-hydrogen) atoms. The minimum absolute atomic E-state index is 0.107. The van der Waals surface area contributed by atoms with Crippen LogP contribution in [0.1, 0.15) is 12.7 Å². The van der Waals surface area contributed by atoms with Crippen molar-refractivity contribution in [2.75, 3.05) is 57.0 Å². The Morgan fingerprint density at radius 3 is 2.61 bits per heavy atom. The average molecular weight is 448 g/mol. The maximum absolute atomic E-state index is 13.2. The lowest BCUT2D eigenvalue weighted by atomic mass is 10.1. The molecular weight excluding hydrogens is 414 g/mol. The van der Waals surface area contributed by atoms with Crippen LogP contribution >= 0.6 is 0 Å². The number of hydrogen-bond donors (Lipinski definition) is 1. The summed E-state index contributed by atoms with van der Waals surface area (Å²) in [6.45, 7) is 10.5. The molecule has 1 atom stereocenters. The van der Waals surface area contributed by atoms with Gasteiger partial charge in [-0.1, -0.05) is 18.2 Å². The van der Waals surface area contributed by atoms with Crippen LogP contribution in [0.4, 0.5) is 11.5 Å². The smallest absolute Gasteiger partial charge is 0.244 e. The molecule has 2 aromatic rings. The highest BCUT2D eigenvalue weighted by Crippen LogP contribution is 2.31. The highest BCUT2D eigenvalue weighted by Gasteiger charge is 2.27. The SMILES string of the molecule is C=CCN1CCN(C(=O)C(C)Nc2c(-c3ccc(N(C)C)cc3)nc3n2CC=CN=C3)CC1. The van der Waals surface area contributed by atoms with Gasteiger partial charge in [0.25, 0.3) is 0 Å². The first kappa shape index (κ1) is 22.8. The van der Waals surface area contributed by atoms with Crippen LogP contribution in [-0.4, -0.2) is 84.3 Å². The van der Waals surface area contributed by atoms with Gasteiger partial charge in [-0.3, -0.25) is 14.7 Å². The number of nitrogens with one attached hydrogen (secondary N) is 1. The third kappa shape index (κ3) is 5.01. The van der Waals surface area contributed by atoms with Crippen molar-refractivity contribution >= 4 is 23.6 Å². The summed E-state index contributed by atoms with van der Waals surface area (Å²) in [4.78, 5) is 28.7. The number of carbonyl (C=O) groups is 1. The van der Waals surface area contributed by atoms with E-state index in [0.717, 1.165) is 61.3 Å². The largest absolute Gasteiger partial charge is 0.378 e. The number of aliphatic imine (C=N–C) groups is 1. The van der Waals surface area contributed by atoms with E-state index in [1.165, 1.54) is 0 Å². The number of allylic oxidation sites excluding steroid dienone is 1. The summed E-state index contributed by atoms with van der Waals surface area (Å²) >= 11 is 0. The number of rotatable bonds is 7. The lowest BCUT2D eigenvalue weighted by Crippen LogP contribution is -2.52. The zero-order chi connectivity index (χ0) is 23.4. The van der Waals surface area contributed by atoms with Crippen molar-refractivity contribution in [3.63, 3.8) is 0 Å². The second kappa shape index (κ2) is 10.0. The molecule has 0 bridgehead atoms. The topological polar surface area (TPSA) is 69.0 Å². The van der Waals surface area contributed by atoms with Gasteiger partial charge in [0, 0.05) is 70.8 Å². The maximum Gasteiger partial charge on any atom is 0.244 e. The van der Waals surface area contributed by atoms with E-state index in [2.05, 4.69) is 55.5 Å². The van der Waals surface area contributed by atoms with Crippen LogP contribution in [0, 0.1) is 0 Å². The van der Waals surface area contributed by atoms with Gasteiger partial charge in [0.2, 0.25) is 5.91 Å². The number of hydrogen-bond acceptors (Lipinski definition) is 6. The molecule has 1 N–H and O–H groups in total. The van der Waals surface area contributed by atoms with E-state index in [1.54, 1.807) is 12.4 Å². The molecule has 0 radical (unpaired) electrons. The van der Waals surface area contributed by atoms with Gasteiger partial charge < -0.3 is 19.7 Å². The number of aromatic nitrogens is 2. The highest BCUT2D eigenvalue weighted by molar-refractivity contribution is 5.88. The Balaban J connectivity index is 1.58. The van der Waals surface area contributed by atoms with Gasteiger partial charge in [0.1, 0.15) is 17.6 Å². The van der Waals surface area contributed by atoms with Crippen LogP contribution in [0.3, 0.4) is 0 Å². The molecule has 1 amide bonds. The summed E-state index contributed by atoms with van der Waals surface area (Å²) in [5, 5.41) is 3.49. The highest BCUT2D eigenvalue weighted by atomic mass is 16.2. The number of piperazine rings is 1. The Labute approximate surface area is 195 Å². The summed E-state index contributed by atoms with van der Waals surface area (Å²) in [5.74, 6) is 1.72. The lowest BCUT2D eigenvalue weighted by molar-refractivity contribution is -0.133. The molecule has 1 unspecified atom stereocenters. The normalized spacial score (nSPS) is 16.8. The molecule has 8 heteroatoms. The number of fused-ring (bicyclic) bond motifs is 1. The molecule has 1 saturated heterocycles. The number of amides is 1. The quantitative estimate of drug-likeness (QED) is 0.661. The third-order valence-corrected chi connectivity index (χ3v) is 6.12. The van der Waals surface area contributed by atoms with Crippen molar-refractivity contribution in [2.24, 2.45) is 4.99 Å². The van der Waals surface area contributed by atoms with E-state index < -0.39 is 0 Å². The lowest BCUT2D eigenvalue weighted by Gasteiger charge is -2.35. The van der Waals surface area contributed by atoms with E-state index in [4.69, 9.17) is 4.98 Å². The van der Waals surface area contributed by atoms with Crippen molar-refractivity contribution in [1.29, 1.82) is 0 Å². The van der Waals surface area contributed by atoms with Gasteiger partial charge in [-0.2, -0.15) is 0 Å². The van der Waals surface area contributed by atoms with Crippen molar-refractivity contribution in [1.82, 2.24) is 19.4 Å². The predicted molar refractivity (Wildman–Crippen MR) is 135 cm³/mol. The molecule has 0 aliphatic carbocycles. The molecule has 1 aromatic carbocycles. The molecule has 0 spiro atoms. The molecular formula is C25H33N7O. The summed E-state index contributed by atoms with van der Waals surface area (Å²) in [6, 6.07) is 7.92. The molecule has 1 aromatic heterocycles. The van der Waals surface area contributed by atoms with Gasteiger partial charge in [-0.05, 0) is 25.1 Å². The van der Waals surface area contributed by atoms with E-state index in [1.807, 2.05) is 38.1 Å². The molecule has 4 rings (SSSR count). The summed E-state index contributed by atoms with van der Waals surface area (Å²) in [6.07, 6.45) is 7.44. The van der Waals surface area contributed by atoms with Crippen molar-refractivity contribution in [3.8, 4) is 11.3 Å². The number of carbonyl (C=O) groups excluding carboxylic acids is 1. The maximum atomic E-state index is 13.2. The van der Waals surface area contributed by atoms with E-state index in [9.17, 15) is 4.79 Å². The summed E-state index contributed by atoms with van der Waals surface area (Å²) in [7, 11) is 4.04. The number of benzene rings is 1. The van der Waals surface area contributed by atoms with Crippen molar-refractivity contribution in [2.45, 2.75) is 19.5 Å². The standard InChI is InChI=1S/C25H33N7O/c1-5-12-30-14-16-31(17-15-30)25(33)19(2)27-24-23(20-7-9-21(10-8-20)29(3)4)28-22-18-26-11-6-13-32(22)24/h5-11,18-19,27H,1,12-17H2,2-4H3. The van der Waals surface area contributed by atoms with E-state index >= 15 is 0 Å². The Kier molecular flexibility index (Phi) is 6.93. The van der Waals surface area contributed by atoms with Crippen molar-refractivity contribution in [3.05, 3.63) is 55.0 Å². The Bertz CT molecular complexity index is 1040. The Morgan fingerprint density at radius 2 is 1.94 bits per heavy atom. The average Bonchev–Trinajstić information content (AvgIpc) is 2.99. The molecule has 3 heterocycles. The number of imidazole rings is 1. The van der Waals surface area contributed by atoms with Gasteiger partial charge >= 0.3 is 0 Å². The minimum Gasteiger partial charge on any atom is -0.378 e. The number of nitrogens with zero attached hydrogens (tertiary/aromatic N) is 6. The van der Waals surface area contributed by atoms with Gasteiger partial charge in [0.15, 0.2) is 5.82 Å². The van der Waals surface area contributed by atoms with Crippen LogP contribution in [0.15, 0.2) is 54.2 Å². The first-order valence-corrected chi connectivity index (χ1v) is 11.4. The first-order chi connectivity index (χ1) is 16.0. The van der Waals surface area contributed by atoms with Gasteiger partial charge in [0.05, 0.1) is 6.21 Å². The van der Waals surface area contributed by atoms with Gasteiger partial charge in [-0.15, -0.1) is 6.58 Å². The molecule has 174 valence electrons.